The largest absolute Gasteiger partial charge is 0.502 e. The Hall–Kier alpha value is -1.52. The number of rotatable bonds is 7. The number of likely N-dealkylation sites (N-methyl/N-ethyl adjacent to an activating group) is 1. The number of carbonyl (C=O) groups excluding carboxylic acids is 1. The van der Waals surface area contributed by atoms with Gasteiger partial charge in [-0.1, -0.05) is 0 Å². The molecule has 1 rings (SSSR count). The summed E-state index contributed by atoms with van der Waals surface area (Å²) in [6.45, 7) is 1.09. The molecule has 0 bridgehead atoms. The number of methoxy groups -OCH3 is 2. The Morgan fingerprint density at radius 3 is 2.13 bits per heavy atom. The first-order valence-electron chi connectivity index (χ1n) is 6.87. The number of hydrogen-bond acceptors (Lipinski definition) is 5. The Balaban J connectivity index is 0.00000484. The Morgan fingerprint density at radius 1 is 1.17 bits per heavy atom. The molecule has 0 spiro atoms. The summed E-state index contributed by atoms with van der Waals surface area (Å²) in [4.78, 5) is 11.7. The molecular weight excluding hydrogens is 470 g/mol. The molecule has 0 aromatic heterocycles. The van der Waals surface area contributed by atoms with Gasteiger partial charge in [-0.15, -0.1) is 0 Å². The van der Waals surface area contributed by atoms with Gasteiger partial charge >= 0.3 is 5.97 Å². The predicted octanol–water partition coefficient (Wildman–Crippen LogP) is 1.67. The SMILES string of the molecule is COc1cc(/C=C/C(=O)OCC[N+](C)(C)C)cc(OC)c1O.[W]. The van der Waals surface area contributed by atoms with Crippen LogP contribution in [0.15, 0.2) is 18.2 Å². The number of phenolic OH excluding ortho intramolecular Hbond substituents is 1. The maximum absolute atomic E-state index is 11.7. The van der Waals surface area contributed by atoms with Crippen LogP contribution in [0.3, 0.4) is 0 Å². The second-order valence-corrected chi connectivity index (χ2v) is 5.79. The van der Waals surface area contributed by atoms with Crippen LogP contribution in [-0.2, 0) is 30.6 Å². The first-order valence-corrected chi connectivity index (χ1v) is 6.87. The van der Waals surface area contributed by atoms with E-state index in [1.165, 1.54) is 20.3 Å². The van der Waals surface area contributed by atoms with Crippen molar-refractivity contribution >= 4 is 12.0 Å². The summed E-state index contributed by atoms with van der Waals surface area (Å²) in [6, 6.07) is 3.21. The van der Waals surface area contributed by atoms with Crippen LogP contribution in [0.25, 0.3) is 6.08 Å². The minimum Gasteiger partial charge on any atom is -0.502 e. The summed E-state index contributed by atoms with van der Waals surface area (Å²) < 4.78 is 16.0. The summed E-state index contributed by atoms with van der Waals surface area (Å²) in [7, 11) is 8.97. The topological polar surface area (TPSA) is 65.0 Å². The predicted molar refractivity (Wildman–Crippen MR) is 84.1 cm³/mol. The molecule has 7 heteroatoms. The van der Waals surface area contributed by atoms with Gasteiger partial charge in [0.15, 0.2) is 11.5 Å². The monoisotopic (exact) mass is 494 g/mol. The standard InChI is InChI=1S/C16H23NO5.W/c1-17(2,3)8-9-22-15(18)7-6-12-10-13(20-4)16(19)14(11-12)21-5;/h6-7,10-11H,8-9H2,1-5H3;/p+1. The fraction of sp³-hybridized carbons (Fsp3) is 0.438. The average Bonchev–Trinajstić information content (AvgIpc) is 2.44. The molecule has 1 aromatic carbocycles. The molecule has 1 aromatic rings. The molecule has 128 valence electrons. The van der Waals surface area contributed by atoms with Crippen LogP contribution < -0.4 is 9.47 Å². The van der Waals surface area contributed by atoms with Crippen LogP contribution in [0.2, 0.25) is 0 Å². The first kappa shape index (κ1) is 21.5. The quantitative estimate of drug-likeness (QED) is 0.355. The van der Waals surface area contributed by atoms with E-state index >= 15 is 0 Å². The Morgan fingerprint density at radius 2 is 1.70 bits per heavy atom. The molecule has 0 radical (unpaired) electrons. The molecule has 0 amide bonds. The van der Waals surface area contributed by atoms with Gasteiger partial charge in [-0.25, -0.2) is 4.79 Å². The second kappa shape index (κ2) is 9.58. The molecule has 0 aliphatic rings. The molecule has 0 aliphatic carbocycles. The minimum absolute atomic E-state index is 0. The van der Waals surface area contributed by atoms with Crippen molar-refractivity contribution in [2.75, 3.05) is 48.5 Å². The molecule has 0 saturated carbocycles. The van der Waals surface area contributed by atoms with Crippen molar-refractivity contribution in [2.24, 2.45) is 0 Å². The van der Waals surface area contributed by atoms with Gasteiger partial charge in [0, 0.05) is 27.1 Å². The van der Waals surface area contributed by atoms with Crippen molar-refractivity contribution in [3.63, 3.8) is 0 Å². The molecule has 0 unspecified atom stereocenters. The van der Waals surface area contributed by atoms with E-state index in [9.17, 15) is 9.90 Å². The first-order chi connectivity index (χ1) is 10.3. The fourth-order valence-electron chi connectivity index (χ4n) is 1.64. The van der Waals surface area contributed by atoms with E-state index < -0.39 is 5.97 Å². The second-order valence-electron chi connectivity index (χ2n) is 5.79. The van der Waals surface area contributed by atoms with Gasteiger partial charge in [0.2, 0.25) is 5.75 Å². The number of benzene rings is 1. The molecule has 23 heavy (non-hydrogen) atoms. The van der Waals surface area contributed by atoms with E-state index in [2.05, 4.69) is 0 Å². The average molecular weight is 494 g/mol. The zero-order valence-corrected chi connectivity index (χ0v) is 17.1. The summed E-state index contributed by atoms with van der Waals surface area (Å²) >= 11 is 0. The summed E-state index contributed by atoms with van der Waals surface area (Å²) in [5.41, 5.74) is 0.662. The zero-order valence-electron chi connectivity index (χ0n) is 14.2. The molecular formula is C16H24NO5W+. The number of hydrogen-bond donors (Lipinski definition) is 1. The molecule has 0 saturated heterocycles. The number of quaternary nitrogens is 1. The maximum atomic E-state index is 11.7. The van der Waals surface area contributed by atoms with E-state index in [1.807, 2.05) is 21.1 Å². The smallest absolute Gasteiger partial charge is 0.330 e. The number of phenols is 1. The van der Waals surface area contributed by atoms with Crippen molar-refractivity contribution in [1.29, 1.82) is 0 Å². The van der Waals surface area contributed by atoms with E-state index in [1.54, 1.807) is 18.2 Å². The van der Waals surface area contributed by atoms with Crippen molar-refractivity contribution in [2.45, 2.75) is 0 Å². The van der Waals surface area contributed by atoms with E-state index in [0.29, 0.717) is 12.2 Å². The van der Waals surface area contributed by atoms with Gasteiger partial charge in [-0.3, -0.25) is 0 Å². The third kappa shape index (κ3) is 7.53. The van der Waals surface area contributed by atoms with Gasteiger partial charge in [0.25, 0.3) is 0 Å². The normalized spacial score (nSPS) is 11.0. The van der Waals surface area contributed by atoms with Gasteiger partial charge in [0.1, 0.15) is 13.2 Å². The zero-order chi connectivity index (χ0) is 16.8. The van der Waals surface area contributed by atoms with Gasteiger partial charge in [-0.2, -0.15) is 0 Å². The number of nitrogens with zero attached hydrogens (tertiary/aromatic N) is 1. The number of esters is 1. The van der Waals surface area contributed by atoms with Crippen molar-refractivity contribution in [1.82, 2.24) is 0 Å². The van der Waals surface area contributed by atoms with Gasteiger partial charge in [-0.05, 0) is 23.8 Å². The molecule has 1 N–H and O–H groups in total. The molecule has 0 heterocycles. The Bertz CT molecular complexity index is 527. The van der Waals surface area contributed by atoms with Crippen LogP contribution in [0, 0.1) is 0 Å². The fourth-order valence-corrected chi connectivity index (χ4v) is 1.64. The van der Waals surface area contributed by atoms with Crippen LogP contribution in [0.1, 0.15) is 5.56 Å². The van der Waals surface area contributed by atoms with E-state index in [0.717, 1.165) is 11.0 Å². The summed E-state index contributed by atoms with van der Waals surface area (Å²) in [5, 5.41) is 9.82. The number of carbonyl (C=O) groups is 1. The van der Waals surface area contributed by atoms with Crippen molar-refractivity contribution in [3.8, 4) is 17.2 Å². The van der Waals surface area contributed by atoms with Crippen LogP contribution in [0.5, 0.6) is 17.2 Å². The maximum Gasteiger partial charge on any atom is 0.330 e. The molecule has 0 aliphatic heterocycles. The molecule has 6 nitrogen and oxygen atoms in total. The number of aromatic hydroxyl groups is 1. The minimum atomic E-state index is -0.417. The van der Waals surface area contributed by atoms with Gasteiger partial charge in [0.05, 0.1) is 35.4 Å². The number of ether oxygens (including phenoxy) is 3. The molecule has 0 fully saturated rings. The van der Waals surface area contributed by atoms with Crippen molar-refractivity contribution < 1.29 is 49.7 Å². The Labute approximate surface area is 151 Å². The Kier molecular flexibility index (Phi) is 8.95. The van der Waals surface area contributed by atoms with Crippen molar-refractivity contribution in [3.05, 3.63) is 23.8 Å². The summed E-state index contributed by atoms with van der Waals surface area (Å²) in [6.07, 6.45) is 2.92. The van der Waals surface area contributed by atoms with E-state index in [4.69, 9.17) is 14.2 Å². The van der Waals surface area contributed by atoms with Crippen LogP contribution in [0.4, 0.5) is 0 Å². The van der Waals surface area contributed by atoms with E-state index in [-0.39, 0.29) is 38.3 Å². The molecule has 0 atom stereocenters. The third-order valence-corrected chi connectivity index (χ3v) is 2.92. The third-order valence-electron chi connectivity index (χ3n) is 2.92. The van der Waals surface area contributed by atoms with Crippen LogP contribution >= 0.6 is 0 Å². The summed E-state index contributed by atoms with van der Waals surface area (Å²) in [5.74, 6) is 0.0573. The van der Waals surface area contributed by atoms with Gasteiger partial charge < -0.3 is 23.8 Å². The van der Waals surface area contributed by atoms with Crippen LogP contribution in [-0.4, -0.2) is 64.1 Å².